The van der Waals surface area contributed by atoms with Crippen molar-refractivity contribution in [1.82, 2.24) is 9.62 Å². The number of likely N-dealkylation sites (N-methyl/N-ethyl adjacent to an activating group) is 1. The highest BCUT2D eigenvalue weighted by atomic mass is 32.2. The zero-order chi connectivity index (χ0) is 15.8. The first-order valence-electron chi connectivity index (χ1n) is 6.66. The van der Waals surface area contributed by atoms with E-state index >= 15 is 0 Å². The predicted octanol–water partition coefficient (Wildman–Crippen LogP) is 0.821. The molecule has 0 radical (unpaired) electrons. The van der Waals surface area contributed by atoms with Crippen molar-refractivity contribution < 1.29 is 17.9 Å². The lowest BCUT2D eigenvalue weighted by Crippen LogP contribution is -2.36. The molecule has 1 aromatic carbocycles. The summed E-state index contributed by atoms with van der Waals surface area (Å²) < 4.78 is 32.8. The molecule has 1 N–H and O–H groups in total. The van der Waals surface area contributed by atoms with E-state index in [2.05, 4.69) is 4.72 Å². The maximum absolute atomic E-state index is 12.5. The number of likely N-dealkylation sites (tertiary alicyclic amines) is 1. The summed E-state index contributed by atoms with van der Waals surface area (Å²) in [6.45, 7) is 4.12. The number of hydrogen-bond donors (Lipinski definition) is 1. The lowest BCUT2D eigenvalue weighted by atomic mass is 10.1. The Morgan fingerprint density at radius 2 is 1.90 bits per heavy atom. The van der Waals surface area contributed by atoms with Crippen LogP contribution in [0.2, 0.25) is 0 Å². The number of carbonyl (C=O) groups is 1. The van der Waals surface area contributed by atoms with Crippen molar-refractivity contribution in [2.45, 2.75) is 31.2 Å². The minimum Gasteiger partial charge on any atom is -0.495 e. The van der Waals surface area contributed by atoms with Crippen LogP contribution in [0.3, 0.4) is 0 Å². The van der Waals surface area contributed by atoms with Crippen molar-refractivity contribution in [3.8, 4) is 5.75 Å². The molecule has 0 aliphatic carbocycles. The van der Waals surface area contributed by atoms with E-state index in [4.69, 9.17) is 4.74 Å². The molecule has 7 heteroatoms. The van der Waals surface area contributed by atoms with Crippen molar-refractivity contribution in [3.05, 3.63) is 23.3 Å². The molecule has 6 nitrogen and oxygen atoms in total. The number of carbonyl (C=O) groups excluding carboxylic acids is 1. The van der Waals surface area contributed by atoms with E-state index in [0.29, 0.717) is 12.3 Å². The van der Waals surface area contributed by atoms with Crippen molar-refractivity contribution >= 4 is 15.9 Å². The molecule has 2 rings (SSSR count). The predicted molar refractivity (Wildman–Crippen MR) is 78.8 cm³/mol. The summed E-state index contributed by atoms with van der Waals surface area (Å²) >= 11 is 0. The van der Waals surface area contributed by atoms with Gasteiger partial charge in [-0.1, -0.05) is 0 Å². The van der Waals surface area contributed by atoms with Gasteiger partial charge in [-0.3, -0.25) is 4.79 Å². The van der Waals surface area contributed by atoms with Gasteiger partial charge in [0.1, 0.15) is 10.6 Å². The summed E-state index contributed by atoms with van der Waals surface area (Å²) in [7, 11) is -0.626. The monoisotopic (exact) mass is 312 g/mol. The molecule has 1 fully saturated rings. The van der Waals surface area contributed by atoms with Crippen LogP contribution < -0.4 is 9.46 Å². The van der Waals surface area contributed by atoms with Crippen molar-refractivity contribution in [2.24, 2.45) is 0 Å². The maximum atomic E-state index is 12.5. The first-order chi connectivity index (χ1) is 9.74. The molecule has 1 amide bonds. The van der Waals surface area contributed by atoms with Gasteiger partial charge in [-0.2, -0.15) is 0 Å². The number of nitrogens with one attached hydrogen (secondary N) is 1. The standard InChI is InChI=1S/C14H20N2O4S/c1-9-5-12(20-4)13(6-10(9)2)21(18,19)15-11-7-14(17)16(3)8-11/h5-6,11,15H,7-8H2,1-4H3. The second-order valence-electron chi connectivity index (χ2n) is 5.38. The first-order valence-corrected chi connectivity index (χ1v) is 8.14. The summed E-state index contributed by atoms with van der Waals surface area (Å²) in [6, 6.07) is 2.89. The molecule has 21 heavy (non-hydrogen) atoms. The third kappa shape index (κ3) is 3.19. The Bertz CT molecular complexity index is 670. The zero-order valence-corrected chi connectivity index (χ0v) is 13.5. The summed E-state index contributed by atoms with van der Waals surface area (Å²) in [4.78, 5) is 13.1. The van der Waals surface area contributed by atoms with Gasteiger partial charge in [0.15, 0.2) is 0 Å². The number of aryl methyl sites for hydroxylation is 2. The molecule has 1 saturated heterocycles. The van der Waals surface area contributed by atoms with Gasteiger partial charge in [0.2, 0.25) is 15.9 Å². The Morgan fingerprint density at radius 1 is 1.29 bits per heavy atom. The Morgan fingerprint density at radius 3 is 2.43 bits per heavy atom. The van der Waals surface area contributed by atoms with E-state index in [9.17, 15) is 13.2 Å². The number of benzene rings is 1. The van der Waals surface area contributed by atoms with E-state index in [1.54, 1.807) is 19.2 Å². The van der Waals surface area contributed by atoms with Crippen molar-refractivity contribution in [2.75, 3.05) is 20.7 Å². The molecule has 1 aliphatic rings. The Kier molecular flexibility index (Phi) is 4.25. The van der Waals surface area contributed by atoms with E-state index in [-0.39, 0.29) is 17.2 Å². The number of ether oxygens (including phenoxy) is 1. The Balaban J connectivity index is 2.32. The minimum atomic E-state index is -3.73. The number of nitrogens with zero attached hydrogens (tertiary/aromatic N) is 1. The molecule has 0 aromatic heterocycles. The van der Waals surface area contributed by atoms with Crippen LogP contribution in [0, 0.1) is 13.8 Å². The molecule has 1 atom stereocenters. The van der Waals surface area contributed by atoms with Crippen molar-refractivity contribution in [1.29, 1.82) is 0 Å². The Hall–Kier alpha value is -1.60. The third-order valence-electron chi connectivity index (χ3n) is 3.73. The van der Waals surface area contributed by atoms with Gasteiger partial charge in [-0.25, -0.2) is 13.1 Å². The zero-order valence-electron chi connectivity index (χ0n) is 12.6. The van der Waals surface area contributed by atoms with Crippen LogP contribution in [0.25, 0.3) is 0 Å². The quantitative estimate of drug-likeness (QED) is 0.893. The van der Waals surface area contributed by atoms with E-state index in [0.717, 1.165) is 11.1 Å². The van der Waals surface area contributed by atoms with E-state index in [1.165, 1.54) is 12.0 Å². The summed E-state index contributed by atoms with van der Waals surface area (Å²) in [5.74, 6) is 0.248. The molecule has 1 unspecified atom stereocenters. The minimum absolute atomic E-state index is 0.0604. The fraction of sp³-hybridized carbons (Fsp3) is 0.500. The number of amides is 1. The number of methoxy groups -OCH3 is 1. The van der Waals surface area contributed by atoms with Crippen LogP contribution in [0.15, 0.2) is 17.0 Å². The second-order valence-corrected chi connectivity index (χ2v) is 7.07. The highest BCUT2D eigenvalue weighted by molar-refractivity contribution is 7.89. The Labute approximate surface area is 125 Å². The summed E-state index contributed by atoms with van der Waals surface area (Å²) in [5.41, 5.74) is 1.83. The highest BCUT2D eigenvalue weighted by Gasteiger charge is 2.31. The van der Waals surface area contributed by atoms with Crippen molar-refractivity contribution in [3.63, 3.8) is 0 Å². The number of sulfonamides is 1. The SMILES string of the molecule is COc1cc(C)c(C)cc1S(=O)(=O)NC1CC(=O)N(C)C1. The molecule has 0 spiro atoms. The lowest BCUT2D eigenvalue weighted by molar-refractivity contribution is -0.126. The van der Waals surface area contributed by atoms with Gasteiger partial charge in [0, 0.05) is 26.1 Å². The number of hydrogen-bond acceptors (Lipinski definition) is 4. The van der Waals surface area contributed by atoms with Crippen LogP contribution in [0.4, 0.5) is 0 Å². The smallest absolute Gasteiger partial charge is 0.244 e. The van der Waals surface area contributed by atoms with Gasteiger partial charge in [-0.15, -0.1) is 0 Å². The molecule has 1 heterocycles. The van der Waals surface area contributed by atoms with Gasteiger partial charge in [-0.05, 0) is 37.1 Å². The van der Waals surface area contributed by atoms with Crippen LogP contribution >= 0.6 is 0 Å². The van der Waals surface area contributed by atoms with Crippen LogP contribution in [0.5, 0.6) is 5.75 Å². The molecular weight excluding hydrogens is 292 g/mol. The van der Waals surface area contributed by atoms with Gasteiger partial charge >= 0.3 is 0 Å². The van der Waals surface area contributed by atoms with E-state index in [1.807, 2.05) is 13.8 Å². The fourth-order valence-electron chi connectivity index (χ4n) is 2.36. The van der Waals surface area contributed by atoms with Gasteiger partial charge < -0.3 is 9.64 Å². The fourth-order valence-corrected chi connectivity index (χ4v) is 3.82. The normalized spacial score (nSPS) is 19.1. The topological polar surface area (TPSA) is 75.7 Å². The molecule has 1 aromatic rings. The molecule has 116 valence electrons. The first kappa shape index (κ1) is 15.8. The van der Waals surface area contributed by atoms with Gasteiger partial charge in [0.05, 0.1) is 7.11 Å². The largest absolute Gasteiger partial charge is 0.495 e. The lowest BCUT2D eigenvalue weighted by Gasteiger charge is -2.16. The summed E-state index contributed by atoms with van der Waals surface area (Å²) in [5, 5.41) is 0. The van der Waals surface area contributed by atoms with Gasteiger partial charge in [0.25, 0.3) is 0 Å². The second kappa shape index (κ2) is 5.65. The maximum Gasteiger partial charge on any atom is 0.244 e. The molecule has 0 saturated carbocycles. The molecule has 1 aliphatic heterocycles. The molecular formula is C14H20N2O4S. The van der Waals surface area contributed by atoms with Crippen LogP contribution in [-0.4, -0.2) is 46.0 Å². The average Bonchev–Trinajstić information content (AvgIpc) is 2.70. The summed E-state index contributed by atoms with van der Waals surface area (Å²) in [6.07, 6.45) is 0.183. The third-order valence-corrected chi connectivity index (χ3v) is 5.27. The number of rotatable bonds is 4. The highest BCUT2D eigenvalue weighted by Crippen LogP contribution is 2.27. The van der Waals surface area contributed by atoms with E-state index < -0.39 is 16.1 Å². The molecule has 0 bridgehead atoms. The average molecular weight is 312 g/mol. The van der Waals surface area contributed by atoms with Crippen LogP contribution in [0.1, 0.15) is 17.5 Å². The van der Waals surface area contributed by atoms with Crippen LogP contribution in [-0.2, 0) is 14.8 Å².